The Hall–Kier alpha value is -1.52. The van der Waals surface area contributed by atoms with Gasteiger partial charge in [0.2, 0.25) is 0 Å². The van der Waals surface area contributed by atoms with Gasteiger partial charge in [0.25, 0.3) is 0 Å². The van der Waals surface area contributed by atoms with Gasteiger partial charge in [0.1, 0.15) is 5.75 Å². The van der Waals surface area contributed by atoms with Crippen LogP contribution in [0.25, 0.3) is 10.9 Å². The number of hydrogen-bond acceptors (Lipinski definition) is 3. The molecule has 20 heavy (non-hydrogen) atoms. The molecule has 0 saturated carbocycles. The molecule has 108 valence electrons. The van der Waals surface area contributed by atoms with E-state index in [1.165, 1.54) is 5.69 Å². The smallest absolute Gasteiger partial charge is 0.124 e. The molecule has 4 nitrogen and oxygen atoms in total. The van der Waals surface area contributed by atoms with Gasteiger partial charge in [-0.05, 0) is 32.0 Å². The van der Waals surface area contributed by atoms with E-state index in [9.17, 15) is 5.11 Å². The molecule has 0 spiro atoms. The maximum absolute atomic E-state index is 10.0. The number of aromatic hydroxyl groups is 1. The number of benzene rings is 1. The zero-order valence-corrected chi connectivity index (χ0v) is 12.2. The molecule has 1 aliphatic rings. The average molecular weight is 274 g/mol. The minimum atomic E-state index is 0.366. The summed E-state index contributed by atoms with van der Waals surface area (Å²) in [6.07, 6.45) is 0. The van der Waals surface area contributed by atoms with Gasteiger partial charge >= 0.3 is 0 Å². The fourth-order valence-corrected chi connectivity index (χ4v) is 3.01. The lowest BCUT2D eigenvalue weighted by Gasteiger charge is -2.27. The van der Waals surface area contributed by atoms with E-state index in [1.54, 1.807) is 6.07 Å². The SMILES string of the molecule is CC(C)n1c(CN2CCOCC2)cc2c(O)cccc21. The van der Waals surface area contributed by atoms with Crippen LogP contribution in [0.5, 0.6) is 5.75 Å². The Bertz CT molecular complexity index is 598. The number of ether oxygens (including phenoxy) is 1. The number of phenolic OH excluding ortho intramolecular Hbond substituents is 1. The Balaban J connectivity index is 2.00. The van der Waals surface area contributed by atoms with Gasteiger partial charge in [0.15, 0.2) is 0 Å². The van der Waals surface area contributed by atoms with Crippen LogP contribution in [0, 0.1) is 0 Å². The van der Waals surface area contributed by atoms with Crippen molar-refractivity contribution in [2.45, 2.75) is 26.4 Å². The zero-order chi connectivity index (χ0) is 14.1. The Morgan fingerprint density at radius 2 is 2.00 bits per heavy atom. The van der Waals surface area contributed by atoms with Crippen molar-refractivity contribution in [1.82, 2.24) is 9.47 Å². The van der Waals surface area contributed by atoms with Gasteiger partial charge in [-0.25, -0.2) is 0 Å². The third-order valence-corrected chi connectivity index (χ3v) is 3.95. The molecule has 2 aromatic rings. The van der Waals surface area contributed by atoms with Crippen molar-refractivity contribution in [3.05, 3.63) is 30.0 Å². The van der Waals surface area contributed by atoms with Crippen LogP contribution in [-0.2, 0) is 11.3 Å². The molecule has 4 heteroatoms. The molecule has 1 fully saturated rings. The molecule has 3 rings (SSSR count). The van der Waals surface area contributed by atoms with Crippen molar-refractivity contribution in [2.75, 3.05) is 26.3 Å². The first-order valence-corrected chi connectivity index (χ1v) is 7.28. The summed E-state index contributed by atoms with van der Waals surface area (Å²) in [6, 6.07) is 8.25. The maximum Gasteiger partial charge on any atom is 0.124 e. The number of aromatic nitrogens is 1. The van der Waals surface area contributed by atoms with Crippen molar-refractivity contribution in [1.29, 1.82) is 0 Å². The molecular weight excluding hydrogens is 252 g/mol. The second-order valence-electron chi connectivity index (χ2n) is 5.70. The summed E-state index contributed by atoms with van der Waals surface area (Å²) < 4.78 is 7.73. The highest BCUT2D eigenvalue weighted by Crippen LogP contribution is 2.31. The van der Waals surface area contributed by atoms with Crippen LogP contribution in [0.4, 0.5) is 0 Å². The lowest BCUT2D eigenvalue weighted by Crippen LogP contribution is -2.36. The summed E-state index contributed by atoms with van der Waals surface area (Å²) in [5, 5.41) is 11.0. The van der Waals surface area contributed by atoms with E-state index >= 15 is 0 Å². The molecule has 2 heterocycles. The Morgan fingerprint density at radius 3 is 2.70 bits per heavy atom. The molecule has 1 N–H and O–H groups in total. The van der Waals surface area contributed by atoms with Gasteiger partial charge in [-0.2, -0.15) is 0 Å². The van der Waals surface area contributed by atoms with E-state index in [0.717, 1.165) is 43.8 Å². The molecule has 1 aromatic carbocycles. The second kappa shape index (κ2) is 5.46. The van der Waals surface area contributed by atoms with E-state index in [0.29, 0.717) is 11.8 Å². The lowest BCUT2D eigenvalue weighted by atomic mass is 10.2. The molecule has 0 atom stereocenters. The Labute approximate surface area is 119 Å². The lowest BCUT2D eigenvalue weighted by molar-refractivity contribution is 0.0331. The summed E-state index contributed by atoms with van der Waals surface area (Å²) in [6.45, 7) is 8.87. The number of phenols is 1. The van der Waals surface area contributed by atoms with Gasteiger partial charge < -0.3 is 14.4 Å². The number of hydrogen-bond donors (Lipinski definition) is 1. The van der Waals surface area contributed by atoms with E-state index in [4.69, 9.17) is 4.74 Å². The van der Waals surface area contributed by atoms with Crippen LogP contribution < -0.4 is 0 Å². The topological polar surface area (TPSA) is 37.6 Å². The second-order valence-corrected chi connectivity index (χ2v) is 5.70. The molecule has 0 unspecified atom stereocenters. The minimum Gasteiger partial charge on any atom is -0.507 e. The van der Waals surface area contributed by atoms with E-state index in [1.807, 2.05) is 6.07 Å². The van der Waals surface area contributed by atoms with Crippen LogP contribution >= 0.6 is 0 Å². The number of nitrogens with zero attached hydrogens (tertiary/aromatic N) is 2. The average Bonchev–Trinajstić information content (AvgIpc) is 2.79. The van der Waals surface area contributed by atoms with Gasteiger partial charge in [0.05, 0.1) is 18.7 Å². The van der Waals surface area contributed by atoms with Crippen LogP contribution in [0.1, 0.15) is 25.6 Å². The van der Waals surface area contributed by atoms with Crippen LogP contribution in [0.3, 0.4) is 0 Å². The van der Waals surface area contributed by atoms with Crippen molar-refractivity contribution >= 4 is 10.9 Å². The standard InChI is InChI=1S/C16H22N2O2/c1-12(2)18-13(11-17-6-8-20-9-7-17)10-14-15(18)4-3-5-16(14)19/h3-5,10,12,19H,6-9,11H2,1-2H3. The molecule has 1 saturated heterocycles. The number of rotatable bonds is 3. The molecule has 1 aliphatic heterocycles. The van der Waals surface area contributed by atoms with Gasteiger partial charge in [-0.3, -0.25) is 4.90 Å². The molecular formula is C16H22N2O2. The Kier molecular flexibility index (Phi) is 3.68. The zero-order valence-electron chi connectivity index (χ0n) is 12.2. The van der Waals surface area contributed by atoms with E-state index < -0.39 is 0 Å². The normalized spacial score (nSPS) is 17.1. The minimum absolute atomic E-state index is 0.366. The van der Waals surface area contributed by atoms with Gasteiger partial charge in [0, 0.05) is 36.8 Å². The predicted octanol–water partition coefficient (Wildman–Crippen LogP) is 2.76. The van der Waals surface area contributed by atoms with Crippen molar-refractivity contribution in [3.63, 3.8) is 0 Å². The maximum atomic E-state index is 10.0. The first-order chi connectivity index (χ1) is 9.66. The summed E-state index contributed by atoms with van der Waals surface area (Å²) in [4.78, 5) is 2.41. The van der Waals surface area contributed by atoms with Crippen LogP contribution in [-0.4, -0.2) is 40.9 Å². The number of fused-ring (bicyclic) bond motifs is 1. The summed E-state index contributed by atoms with van der Waals surface area (Å²) in [5.41, 5.74) is 2.38. The highest BCUT2D eigenvalue weighted by Gasteiger charge is 2.17. The van der Waals surface area contributed by atoms with Crippen molar-refractivity contribution < 1.29 is 9.84 Å². The Morgan fingerprint density at radius 1 is 1.25 bits per heavy atom. The van der Waals surface area contributed by atoms with Gasteiger partial charge in [-0.1, -0.05) is 6.07 Å². The largest absolute Gasteiger partial charge is 0.507 e. The third-order valence-electron chi connectivity index (χ3n) is 3.95. The fourth-order valence-electron chi connectivity index (χ4n) is 3.01. The first-order valence-electron chi connectivity index (χ1n) is 7.28. The van der Waals surface area contributed by atoms with Crippen LogP contribution in [0.15, 0.2) is 24.3 Å². The fraction of sp³-hybridized carbons (Fsp3) is 0.500. The molecule has 1 aromatic heterocycles. The highest BCUT2D eigenvalue weighted by molar-refractivity contribution is 5.87. The summed E-state index contributed by atoms with van der Waals surface area (Å²) in [7, 11) is 0. The highest BCUT2D eigenvalue weighted by atomic mass is 16.5. The molecule has 0 aliphatic carbocycles. The monoisotopic (exact) mass is 274 g/mol. The van der Waals surface area contributed by atoms with Crippen molar-refractivity contribution in [2.24, 2.45) is 0 Å². The molecule has 0 amide bonds. The molecule has 0 bridgehead atoms. The van der Waals surface area contributed by atoms with Gasteiger partial charge in [-0.15, -0.1) is 0 Å². The molecule has 0 radical (unpaired) electrons. The van der Waals surface area contributed by atoms with Crippen molar-refractivity contribution in [3.8, 4) is 5.75 Å². The van der Waals surface area contributed by atoms with E-state index in [2.05, 4.69) is 35.4 Å². The van der Waals surface area contributed by atoms with E-state index in [-0.39, 0.29) is 0 Å². The quantitative estimate of drug-likeness (QED) is 0.935. The first kappa shape index (κ1) is 13.5. The predicted molar refractivity (Wildman–Crippen MR) is 80.1 cm³/mol. The summed E-state index contributed by atoms with van der Waals surface area (Å²) >= 11 is 0. The summed E-state index contributed by atoms with van der Waals surface area (Å²) in [5.74, 6) is 0.366. The van der Waals surface area contributed by atoms with Crippen LogP contribution in [0.2, 0.25) is 0 Å². The third kappa shape index (κ3) is 2.41. The number of morpholine rings is 1.